The molecule has 1 atom stereocenters. The summed E-state index contributed by atoms with van der Waals surface area (Å²) in [4.78, 5) is 28.6. The van der Waals surface area contributed by atoms with E-state index in [1.54, 1.807) is 4.90 Å². The molecular weight excluding hydrogens is 396 g/mol. The van der Waals surface area contributed by atoms with Gasteiger partial charge >= 0.3 is 0 Å². The molecule has 3 aromatic rings. The van der Waals surface area contributed by atoms with Gasteiger partial charge in [-0.3, -0.25) is 9.59 Å². The van der Waals surface area contributed by atoms with Gasteiger partial charge in [-0.2, -0.15) is 0 Å². The van der Waals surface area contributed by atoms with Gasteiger partial charge in [0.1, 0.15) is 6.04 Å². The van der Waals surface area contributed by atoms with Gasteiger partial charge in [0.25, 0.3) is 0 Å². The van der Waals surface area contributed by atoms with Crippen LogP contribution >= 0.6 is 0 Å². The van der Waals surface area contributed by atoms with Crippen LogP contribution in [0.4, 0.5) is 0 Å². The monoisotopic (exact) mass is 428 g/mol. The number of hydrogen-bond acceptors (Lipinski definition) is 2. The van der Waals surface area contributed by atoms with Gasteiger partial charge in [-0.15, -0.1) is 0 Å². The van der Waals surface area contributed by atoms with Gasteiger partial charge in [-0.1, -0.05) is 84.4 Å². The van der Waals surface area contributed by atoms with E-state index in [0.29, 0.717) is 19.5 Å². The minimum absolute atomic E-state index is 0.0465. The molecule has 0 radical (unpaired) electrons. The van der Waals surface area contributed by atoms with Crippen LogP contribution in [-0.2, 0) is 29.0 Å². The Morgan fingerprint density at radius 2 is 1.50 bits per heavy atom. The normalized spacial score (nSPS) is 11.6. The zero-order chi connectivity index (χ0) is 22.9. The smallest absolute Gasteiger partial charge is 0.243 e. The Hall–Kier alpha value is -3.40. The number of nitrogens with one attached hydrogen (secondary N) is 1. The number of nitrogens with zero attached hydrogens (tertiary/aromatic N) is 1. The van der Waals surface area contributed by atoms with E-state index >= 15 is 0 Å². The fraction of sp³-hybridized carbons (Fsp3) is 0.286. The maximum absolute atomic E-state index is 13.7. The van der Waals surface area contributed by atoms with Crippen LogP contribution < -0.4 is 5.32 Å². The maximum atomic E-state index is 13.7. The average Bonchev–Trinajstić information content (AvgIpc) is 2.80. The van der Waals surface area contributed by atoms with Crippen molar-refractivity contribution in [2.75, 3.05) is 6.54 Å². The van der Waals surface area contributed by atoms with E-state index in [4.69, 9.17) is 0 Å². The fourth-order valence-corrected chi connectivity index (χ4v) is 3.88. The van der Waals surface area contributed by atoms with Crippen LogP contribution in [0.5, 0.6) is 0 Å². The Morgan fingerprint density at radius 1 is 0.875 bits per heavy atom. The molecule has 4 heteroatoms. The summed E-state index contributed by atoms with van der Waals surface area (Å²) in [7, 11) is 0. The maximum Gasteiger partial charge on any atom is 0.243 e. The fourth-order valence-electron chi connectivity index (χ4n) is 3.88. The lowest BCUT2D eigenvalue weighted by molar-refractivity contribution is -0.140. The Kier molecular flexibility index (Phi) is 8.20. The number of hydrogen-bond donors (Lipinski definition) is 1. The van der Waals surface area contributed by atoms with Crippen molar-refractivity contribution in [3.8, 4) is 0 Å². The third-order valence-corrected chi connectivity index (χ3v) is 5.66. The minimum Gasteiger partial charge on any atom is -0.355 e. The number of aryl methyl sites for hydroxylation is 2. The van der Waals surface area contributed by atoms with E-state index in [1.165, 1.54) is 0 Å². The first-order chi connectivity index (χ1) is 15.5. The SMILES string of the molecule is CCNC(=O)[C@H](Cc1ccccc1)N(Cc1ccccc1)C(=O)Cc1cc(C)ccc1C. The molecule has 0 saturated heterocycles. The van der Waals surface area contributed by atoms with Crippen LogP contribution in [0.15, 0.2) is 78.9 Å². The van der Waals surface area contributed by atoms with E-state index < -0.39 is 6.04 Å². The molecule has 0 saturated carbocycles. The number of carbonyl (C=O) groups excluding carboxylic acids is 2. The van der Waals surface area contributed by atoms with Crippen molar-refractivity contribution in [3.05, 3.63) is 107 Å². The molecule has 3 aromatic carbocycles. The predicted octanol–water partition coefficient (Wildman–Crippen LogP) is 4.62. The van der Waals surface area contributed by atoms with Gasteiger partial charge in [0.15, 0.2) is 0 Å². The molecule has 166 valence electrons. The highest BCUT2D eigenvalue weighted by Crippen LogP contribution is 2.18. The third kappa shape index (κ3) is 6.30. The summed E-state index contributed by atoms with van der Waals surface area (Å²) in [5.41, 5.74) is 5.24. The van der Waals surface area contributed by atoms with Crippen molar-refractivity contribution in [3.63, 3.8) is 0 Å². The van der Waals surface area contributed by atoms with Crippen molar-refractivity contribution in [2.45, 2.75) is 46.2 Å². The van der Waals surface area contributed by atoms with Gasteiger partial charge in [0, 0.05) is 19.5 Å². The summed E-state index contributed by atoms with van der Waals surface area (Å²) in [5, 5.41) is 2.94. The molecule has 0 aliphatic carbocycles. The second-order valence-electron chi connectivity index (χ2n) is 8.21. The number of carbonyl (C=O) groups is 2. The highest BCUT2D eigenvalue weighted by Gasteiger charge is 2.30. The molecular formula is C28H32N2O2. The first kappa shape index (κ1) is 23.3. The molecule has 1 N–H and O–H groups in total. The second-order valence-corrected chi connectivity index (χ2v) is 8.21. The van der Waals surface area contributed by atoms with Crippen LogP contribution in [0.2, 0.25) is 0 Å². The molecule has 2 amide bonds. The first-order valence-corrected chi connectivity index (χ1v) is 11.2. The molecule has 0 aromatic heterocycles. The summed E-state index contributed by atoms with van der Waals surface area (Å²) in [5.74, 6) is -0.170. The molecule has 0 heterocycles. The summed E-state index contributed by atoms with van der Waals surface area (Å²) < 4.78 is 0. The van der Waals surface area contributed by atoms with Gasteiger partial charge in [-0.25, -0.2) is 0 Å². The summed E-state index contributed by atoms with van der Waals surface area (Å²) >= 11 is 0. The summed E-state index contributed by atoms with van der Waals surface area (Å²) in [6.07, 6.45) is 0.739. The van der Waals surface area contributed by atoms with Crippen molar-refractivity contribution in [1.29, 1.82) is 0 Å². The van der Waals surface area contributed by atoms with Gasteiger partial charge < -0.3 is 10.2 Å². The molecule has 0 spiro atoms. The topological polar surface area (TPSA) is 49.4 Å². The lowest BCUT2D eigenvalue weighted by Gasteiger charge is -2.32. The molecule has 3 rings (SSSR count). The van der Waals surface area contributed by atoms with Crippen molar-refractivity contribution < 1.29 is 9.59 Å². The van der Waals surface area contributed by atoms with Gasteiger partial charge in [0.05, 0.1) is 6.42 Å². The largest absolute Gasteiger partial charge is 0.355 e. The lowest BCUT2D eigenvalue weighted by atomic mass is 9.99. The van der Waals surface area contributed by atoms with Gasteiger partial charge in [0.2, 0.25) is 11.8 Å². The number of rotatable bonds is 9. The Balaban J connectivity index is 1.96. The first-order valence-electron chi connectivity index (χ1n) is 11.2. The predicted molar refractivity (Wildman–Crippen MR) is 129 cm³/mol. The standard InChI is InChI=1S/C28H32N2O2/c1-4-29-28(32)26(18-23-11-7-5-8-12-23)30(20-24-13-9-6-10-14-24)27(31)19-25-17-21(2)15-16-22(25)3/h5-17,26H,4,18-20H2,1-3H3,(H,29,32)/t26-/m0/s1. The van der Waals surface area contributed by atoms with Crippen LogP contribution in [0.3, 0.4) is 0 Å². The zero-order valence-corrected chi connectivity index (χ0v) is 19.2. The summed E-state index contributed by atoms with van der Waals surface area (Å²) in [6.45, 7) is 6.86. The number of amides is 2. The number of likely N-dealkylation sites (N-methyl/N-ethyl adjacent to an activating group) is 1. The summed E-state index contributed by atoms with van der Waals surface area (Å²) in [6, 6.07) is 25.3. The molecule has 0 aliphatic heterocycles. The Morgan fingerprint density at radius 3 is 2.12 bits per heavy atom. The minimum atomic E-state index is -0.588. The third-order valence-electron chi connectivity index (χ3n) is 5.66. The average molecular weight is 429 g/mol. The van der Waals surface area contributed by atoms with Crippen LogP contribution in [0.25, 0.3) is 0 Å². The highest BCUT2D eigenvalue weighted by atomic mass is 16.2. The van der Waals surface area contributed by atoms with E-state index in [9.17, 15) is 9.59 Å². The lowest BCUT2D eigenvalue weighted by Crippen LogP contribution is -2.51. The van der Waals surface area contributed by atoms with E-state index in [-0.39, 0.29) is 18.2 Å². The quantitative estimate of drug-likeness (QED) is 0.541. The van der Waals surface area contributed by atoms with Gasteiger partial charge in [-0.05, 0) is 43.0 Å². The number of benzene rings is 3. The molecule has 0 fully saturated rings. The van der Waals surface area contributed by atoms with Crippen LogP contribution in [-0.4, -0.2) is 29.3 Å². The Labute approximate surface area is 191 Å². The van der Waals surface area contributed by atoms with Crippen molar-refractivity contribution in [2.24, 2.45) is 0 Å². The molecule has 0 aliphatic rings. The molecule has 0 bridgehead atoms. The zero-order valence-electron chi connectivity index (χ0n) is 19.2. The second kappa shape index (κ2) is 11.3. The molecule has 0 unspecified atom stereocenters. The molecule has 4 nitrogen and oxygen atoms in total. The molecule has 32 heavy (non-hydrogen) atoms. The van der Waals surface area contributed by atoms with E-state index in [0.717, 1.165) is 27.8 Å². The Bertz CT molecular complexity index is 1030. The highest BCUT2D eigenvalue weighted by molar-refractivity contribution is 5.89. The van der Waals surface area contributed by atoms with Crippen molar-refractivity contribution >= 4 is 11.8 Å². The van der Waals surface area contributed by atoms with E-state index in [2.05, 4.69) is 17.4 Å². The van der Waals surface area contributed by atoms with Crippen molar-refractivity contribution in [1.82, 2.24) is 10.2 Å². The van der Waals surface area contributed by atoms with E-state index in [1.807, 2.05) is 87.5 Å². The van der Waals surface area contributed by atoms with Crippen LogP contribution in [0.1, 0.15) is 34.7 Å². The van der Waals surface area contributed by atoms with Crippen LogP contribution in [0, 0.1) is 13.8 Å².